The first-order chi connectivity index (χ1) is 12.9. The van der Waals surface area contributed by atoms with E-state index < -0.39 is 15.8 Å². The van der Waals surface area contributed by atoms with Crippen LogP contribution >= 0.6 is 0 Å². The minimum absolute atomic E-state index is 0.123. The third kappa shape index (κ3) is 4.39. The van der Waals surface area contributed by atoms with Crippen LogP contribution in [0.1, 0.15) is 16.8 Å². The number of sulfonamides is 1. The second kappa shape index (κ2) is 7.96. The molecule has 0 aliphatic carbocycles. The number of nitrogens with zero attached hydrogens (tertiary/aromatic N) is 2. The molecule has 6 nitrogen and oxygen atoms in total. The van der Waals surface area contributed by atoms with Crippen molar-refractivity contribution in [2.45, 2.75) is 6.42 Å². The Bertz CT molecular complexity index is 933. The monoisotopic (exact) mass is 392 g/mol. The van der Waals surface area contributed by atoms with Gasteiger partial charge in [0.1, 0.15) is 6.61 Å². The van der Waals surface area contributed by atoms with Crippen LogP contribution in [0, 0.1) is 5.82 Å². The van der Waals surface area contributed by atoms with E-state index in [0.29, 0.717) is 24.2 Å². The van der Waals surface area contributed by atoms with Crippen LogP contribution in [0.2, 0.25) is 0 Å². The number of ether oxygens (including phenoxy) is 1. The van der Waals surface area contributed by atoms with Crippen molar-refractivity contribution in [1.29, 1.82) is 0 Å². The van der Waals surface area contributed by atoms with E-state index in [1.807, 2.05) is 0 Å². The summed E-state index contributed by atoms with van der Waals surface area (Å²) in [7, 11) is -1.68. The van der Waals surface area contributed by atoms with Crippen LogP contribution in [0.3, 0.4) is 0 Å². The van der Waals surface area contributed by atoms with E-state index in [1.54, 1.807) is 43.4 Å². The van der Waals surface area contributed by atoms with Crippen LogP contribution in [-0.4, -0.2) is 51.7 Å². The quantitative estimate of drug-likeness (QED) is 0.758. The van der Waals surface area contributed by atoms with Crippen molar-refractivity contribution in [3.63, 3.8) is 0 Å². The molecule has 144 valence electrons. The number of benzene rings is 2. The topological polar surface area (TPSA) is 66.9 Å². The van der Waals surface area contributed by atoms with Crippen molar-refractivity contribution in [3.8, 4) is 5.75 Å². The van der Waals surface area contributed by atoms with Gasteiger partial charge in [0.15, 0.2) is 11.6 Å². The number of likely N-dealkylation sites (N-methyl/N-ethyl adjacent to an activating group) is 1. The zero-order valence-corrected chi connectivity index (χ0v) is 15.8. The predicted molar refractivity (Wildman–Crippen MR) is 101 cm³/mol. The fourth-order valence-corrected chi connectivity index (χ4v) is 4.46. The molecule has 1 fully saturated rings. The molecule has 27 heavy (non-hydrogen) atoms. The Morgan fingerprint density at radius 1 is 1.22 bits per heavy atom. The number of hydrogen-bond acceptors (Lipinski definition) is 4. The van der Waals surface area contributed by atoms with Gasteiger partial charge in [0, 0.05) is 19.2 Å². The Kier molecular flexibility index (Phi) is 5.65. The summed E-state index contributed by atoms with van der Waals surface area (Å²) in [5.74, 6) is -0.450. The first-order valence-electron chi connectivity index (χ1n) is 8.62. The van der Waals surface area contributed by atoms with Gasteiger partial charge in [-0.15, -0.1) is 0 Å². The van der Waals surface area contributed by atoms with Crippen LogP contribution in [0.4, 0.5) is 10.1 Å². The minimum Gasteiger partial charge on any atom is -0.489 e. The van der Waals surface area contributed by atoms with Gasteiger partial charge in [0.2, 0.25) is 10.0 Å². The fourth-order valence-electron chi connectivity index (χ4n) is 2.90. The summed E-state index contributed by atoms with van der Waals surface area (Å²) < 4.78 is 44.4. The Balaban J connectivity index is 1.63. The van der Waals surface area contributed by atoms with Crippen molar-refractivity contribution >= 4 is 21.6 Å². The molecule has 1 aliphatic heterocycles. The van der Waals surface area contributed by atoms with Gasteiger partial charge in [-0.2, -0.15) is 0 Å². The molecule has 3 rings (SSSR count). The molecule has 2 aromatic rings. The largest absolute Gasteiger partial charge is 0.489 e. The number of para-hydroxylation sites is 1. The Morgan fingerprint density at radius 2 is 2.00 bits per heavy atom. The third-order valence-electron chi connectivity index (χ3n) is 4.35. The lowest BCUT2D eigenvalue weighted by molar-refractivity contribution is 0.0773. The summed E-state index contributed by atoms with van der Waals surface area (Å²) in [6, 6.07) is 12.7. The van der Waals surface area contributed by atoms with Gasteiger partial charge in [0.25, 0.3) is 5.91 Å². The molecule has 0 unspecified atom stereocenters. The molecule has 0 atom stereocenters. The smallest absolute Gasteiger partial charge is 0.253 e. The van der Waals surface area contributed by atoms with Crippen molar-refractivity contribution < 1.29 is 22.3 Å². The Hall–Kier alpha value is -2.61. The summed E-state index contributed by atoms with van der Waals surface area (Å²) in [6.07, 6.45) is 0.577. The molecule has 1 amide bonds. The highest BCUT2D eigenvalue weighted by Gasteiger charge is 2.28. The van der Waals surface area contributed by atoms with Crippen LogP contribution in [0.15, 0.2) is 48.5 Å². The van der Waals surface area contributed by atoms with Crippen molar-refractivity contribution in [2.24, 2.45) is 0 Å². The van der Waals surface area contributed by atoms with E-state index in [2.05, 4.69) is 0 Å². The fraction of sp³-hybridized carbons (Fsp3) is 0.316. The van der Waals surface area contributed by atoms with E-state index >= 15 is 0 Å². The number of anilines is 1. The van der Waals surface area contributed by atoms with Crippen molar-refractivity contribution in [2.75, 3.05) is 36.8 Å². The maximum atomic E-state index is 13.5. The maximum absolute atomic E-state index is 13.5. The molecule has 0 bridgehead atoms. The molecule has 0 N–H and O–H groups in total. The predicted octanol–water partition coefficient (Wildman–Crippen LogP) is 2.52. The number of halogens is 1. The van der Waals surface area contributed by atoms with Gasteiger partial charge in [-0.05, 0) is 36.8 Å². The van der Waals surface area contributed by atoms with Crippen LogP contribution in [-0.2, 0) is 10.0 Å². The number of hydrogen-bond donors (Lipinski definition) is 0. The molecular formula is C19H21FN2O4S. The molecule has 0 spiro atoms. The second-order valence-electron chi connectivity index (χ2n) is 6.30. The maximum Gasteiger partial charge on any atom is 0.253 e. The summed E-state index contributed by atoms with van der Waals surface area (Å²) in [4.78, 5) is 14.1. The van der Waals surface area contributed by atoms with Gasteiger partial charge < -0.3 is 9.64 Å². The molecular weight excluding hydrogens is 371 g/mol. The van der Waals surface area contributed by atoms with E-state index in [4.69, 9.17) is 4.74 Å². The van der Waals surface area contributed by atoms with Crippen molar-refractivity contribution in [1.82, 2.24) is 4.90 Å². The van der Waals surface area contributed by atoms with E-state index in [1.165, 1.54) is 21.3 Å². The Morgan fingerprint density at radius 3 is 2.70 bits per heavy atom. The SMILES string of the molecule is CN(CCOc1ccccc1F)C(=O)c1cccc(N2CCCS2(=O)=O)c1. The summed E-state index contributed by atoms with van der Waals surface area (Å²) in [5.41, 5.74) is 0.886. The normalized spacial score (nSPS) is 15.6. The van der Waals surface area contributed by atoms with Gasteiger partial charge in [0.05, 0.1) is 18.0 Å². The van der Waals surface area contributed by atoms with E-state index in [9.17, 15) is 17.6 Å². The number of rotatable bonds is 6. The molecule has 0 saturated carbocycles. The molecule has 2 aromatic carbocycles. The first-order valence-corrected chi connectivity index (χ1v) is 10.2. The lowest BCUT2D eigenvalue weighted by atomic mass is 10.1. The van der Waals surface area contributed by atoms with Crippen LogP contribution in [0.5, 0.6) is 5.75 Å². The van der Waals surface area contributed by atoms with E-state index in [-0.39, 0.29) is 30.6 Å². The molecule has 1 heterocycles. The summed E-state index contributed by atoms with van der Waals surface area (Å²) in [6.45, 7) is 0.828. The zero-order chi connectivity index (χ0) is 19.4. The zero-order valence-electron chi connectivity index (χ0n) is 15.0. The third-order valence-corrected chi connectivity index (χ3v) is 6.22. The highest BCUT2D eigenvalue weighted by Crippen LogP contribution is 2.25. The van der Waals surface area contributed by atoms with Crippen LogP contribution < -0.4 is 9.04 Å². The van der Waals surface area contributed by atoms with Gasteiger partial charge >= 0.3 is 0 Å². The molecule has 0 aromatic heterocycles. The van der Waals surface area contributed by atoms with Gasteiger partial charge in [-0.1, -0.05) is 18.2 Å². The average molecular weight is 392 g/mol. The standard InChI is InChI=1S/C19H21FN2O4S/c1-21(11-12-26-18-9-3-2-8-17(18)20)19(23)15-6-4-7-16(14-15)22-10-5-13-27(22,24)25/h2-4,6-9,14H,5,10-13H2,1H3. The lowest BCUT2D eigenvalue weighted by Crippen LogP contribution is -2.31. The average Bonchev–Trinajstić information content (AvgIpc) is 3.01. The molecule has 1 saturated heterocycles. The summed E-state index contributed by atoms with van der Waals surface area (Å²) in [5, 5.41) is 0. The number of carbonyl (C=O) groups is 1. The second-order valence-corrected chi connectivity index (χ2v) is 8.31. The molecule has 1 aliphatic rings. The minimum atomic E-state index is -3.30. The molecule has 8 heteroatoms. The molecule has 0 radical (unpaired) electrons. The van der Waals surface area contributed by atoms with Crippen LogP contribution in [0.25, 0.3) is 0 Å². The van der Waals surface area contributed by atoms with Gasteiger partial charge in [-0.3, -0.25) is 9.10 Å². The summed E-state index contributed by atoms with van der Waals surface area (Å²) >= 11 is 0. The Labute approximate surface area is 158 Å². The highest BCUT2D eigenvalue weighted by atomic mass is 32.2. The van der Waals surface area contributed by atoms with Crippen molar-refractivity contribution in [3.05, 3.63) is 59.9 Å². The van der Waals surface area contributed by atoms with Gasteiger partial charge in [-0.25, -0.2) is 12.8 Å². The number of amides is 1. The van der Waals surface area contributed by atoms with E-state index in [0.717, 1.165) is 0 Å². The first kappa shape index (κ1) is 19.2. The number of carbonyl (C=O) groups excluding carboxylic acids is 1. The highest BCUT2D eigenvalue weighted by molar-refractivity contribution is 7.93. The lowest BCUT2D eigenvalue weighted by Gasteiger charge is -2.20.